The van der Waals surface area contributed by atoms with Crippen LogP contribution in [0.4, 0.5) is 0 Å². The van der Waals surface area contributed by atoms with Gasteiger partial charge in [0.1, 0.15) is 0 Å². The first-order chi connectivity index (χ1) is 7.68. The quantitative estimate of drug-likeness (QED) is 0.758. The summed E-state index contributed by atoms with van der Waals surface area (Å²) < 4.78 is 0. The molecule has 2 fully saturated rings. The molecule has 0 heterocycles. The van der Waals surface area contributed by atoms with Gasteiger partial charge < -0.3 is 5.32 Å². The lowest BCUT2D eigenvalue weighted by atomic mass is 9.73. The van der Waals surface area contributed by atoms with E-state index in [4.69, 9.17) is 0 Å². The second-order valence-electron chi connectivity index (χ2n) is 6.70. The second kappa shape index (κ2) is 5.53. The Balaban J connectivity index is 1.75. The van der Waals surface area contributed by atoms with Gasteiger partial charge in [0.15, 0.2) is 0 Å². The summed E-state index contributed by atoms with van der Waals surface area (Å²) >= 11 is 0. The van der Waals surface area contributed by atoms with E-state index >= 15 is 0 Å². The van der Waals surface area contributed by atoms with Crippen molar-refractivity contribution in [3.05, 3.63) is 0 Å². The first-order valence-electron chi connectivity index (χ1n) is 7.42. The van der Waals surface area contributed by atoms with Crippen molar-refractivity contribution < 1.29 is 0 Å². The standard InChI is InChI=1S/C15H29N/c1-15(2)11-7-6-10-14(15)16-12-13-8-4-3-5-9-13/h13-14,16H,3-12H2,1-2H3. The first kappa shape index (κ1) is 12.4. The minimum atomic E-state index is 0.535. The molecule has 94 valence electrons. The monoisotopic (exact) mass is 223 g/mol. The van der Waals surface area contributed by atoms with E-state index in [0.717, 1.165) is 12.0 Å². The van der Waals surface area contributed by atoms with Crippen LogP contribution >= 0.6 is 0 Å². The summed E-state index contributed by atoms with van der Waals surface area (Å²) in [4.78, 5) is 0. The van der Waals surface area contributed by atoms with Crippen molar-refractivity contribution in [3.63, 3.8) is 0 Å². The molecule has 0 spiro atoms. The fraction of sp³-hybridized carbons (Fsp3) is 1.00. The van der Waals surface area contributed by atoms with Gasteiger partial charge in [-0.15, -0.1) is 0 Å². The van der Waals surface area contributed by atoms with Gasteiger partial charge in [0.25, 0.3) is 0 Å². The summed E-state index contributed by atoms with van der Waals surface area (Å²) in [5.74, 6) is 0.978. The van der Waals surface area contributed by atoms with Crippen LogP contribution in [0.1, 0.15) is 71.6 Å². The van der Waals surface area contributed by atoms with Crippen molar-refractivity contribution in [2.75, 3.05) is 6.54 Å². The highest BCUT2D eigenvalue weighted by Gasteiger charge is 2.32. The summed E-state index contributed by atoms with van der Waals surface area (Å²) in [6, 6.07) is 0.781. The predicted octanol–water partition coefficient (Wildman–Crippen LogP) is 4.13. The molecule has 0 aromatic rings. The van der Waals surface area contributed by atoms with Gasteiger partial charge in [0, 0.05) is 6.04 Å². The maximum atomic E-state index is 3.88. The number of hydrogen-bond acceptors (Lipinski definition) is 1. The molecule has 1 unspecified atom stereocenters. The zero-order valence-electron chi connectivity index (χ0n) is 11.2. The molecule has 1 heteroatoms. The van der Waals surface area contributed by atoms with Crippen LogP contribution in [0.5, 0.6) is 0 Å². The van der Waals surface area contributed by atoms with Crippen molar-refractivity contribution in [1.82, 2.24) is 5.32 Å². The third-order valence-electron chi connectivity index (χ3n) is 4.88. The van der Waals surface area contributed by atoms with Crippen LogP contribution in [0.25, 0.3) is 0 Å². The normalized spacial score (nSPS) is 31.5. The zero-order valence-corrected chi connectivity index (χ0v) is 11.2. The predicted molar refractivity (Wildman–Crippen MR) is 70.6 cm³/mol. The van der Waals surface area contributed by atoms with Crippen LogP contribution in [-0.4, -0.2) is 12.6 Å². The highest BCUT2D eigenvalue weighted by Crippen LogP contribution is 2.35. The zero-order chi connectivity index (χ0) is 11.4. The molecule has 2 rings (SSSR count). The van der Waals surface area contributed by atoms with E-state index in [-0.39, 0.29) is 0 Å². The van der Waals surface area contributed by atoms with Crippen molar-refractivity contribution in [1.29, 1.82) is 0 Å². The van der Waals surface area contributed by atoms with E-state index in [9.17, 15) is 0 Å². The minimum Gasteiger partial charge on any atom is -0.313 e. The van der Waals surface area contributed by atoms with Crippen molar-refractivity contribution in [3.8, 4) is 0 Å². The van der Waals surface area contributed by atoms with Crippen LogP contribution in [0.15, 0.2) is 0 Å². The van der Waals surface area contributed by atoms with Gasteiger partial charge in [-0.25, -0.2) is 0 Å². The maximum absolute atomic E-state index is 3.88. The first-order valence-corrected chi connectivity index (χ1v) is 7.42. The summed E-state index contributed by atoms with van der Waals surface area (Å²) in [5, 5.41) is 3.88. The van der Waals surface area contributed by atoms with Crippen LogP contribution in [0, 0.1) is 11.3 Å². The van der Waals surface area contributed by atoms with Crippen molar-refractivity contribution in [2.45, 2.75) is 77.7 Å². The summed E-state index contributed by atoms with van der Waals surface area (Å²) in [6.07, 6.45) is 13.1. The Bertz CT molecular complexity index is 203. The molecule has 16 heavy (non-hydrogen) atoms. The molecule has 0 amide bonds. The summed E-state index contributed by atoms with van der Waals surface area (Å²) in [6.45, 7) is 6.18. The van der Waals surface area contributed by atoms with Crippen LogP contribution in [0.2, 0.25) is 0 Å². The molecule has 1 N–H and O–H groups in total. The molecule has 1 nitrogen and oxygen atoms in total. The Hall–Kier alpha value is -0.0400. The van der Waals surface area contributed by atoms with Gasteiger partial charge in [-0.1, -0.05) is 46.0 Å². The summed E-state index contributed by atoms with van der Waals surface area (Å²) in [7, 11) is 0. The van der Waals surface area contributed by atoms with Crippen LogP contribution in [-0.2, 0) is 0 Å². The fourth-order valence-electron chi connectivity index (χ4n) is 3.57. The molecule has 2 aliphatic rings. The lowest BCUT2D eigenvalue weighted by Crippen LogP contribution is -2.45. The van der Waals surface area contributed by atoms with Gasteiger partial charge in [0.2, 0.25) is 0 Å². The third-order valence-corrected chi connectivity index (χ3v) is 4.88. The fourth-order valence-corrected chi connectivity index (χ4v) is 3.57. The molecular formula is C15H29N. The van der Waals surface area contributed by atoms with E-state index in [0.29, 0.717) is 5.41 Å². The largest absolute Gasteiger partial charge is 0.313 e. The second-order valence-corrected chi connectivity index (χ2v) is 6.70. The topological polar surface area (TPSA) is 12.0 Å². The Morgan fingerprint density at radius 2 is 1.62 bits per heavy atom. The van der Waals surface area contributed by atoms with Crippen molar-refractivity contribution >= 4 is 0 Å². The van der Waals surface area contributed by atoms with Crippen LogP contribution in [0.3, 0.4) is 0 Å². The van der Waals surface area contributed by atoms with Crippen molar-refractivity contribution in [2.24, 2.45) is 11.3 Å². The third kappa shape index (κ3) is 3.23. The van der Waals surface area contributed by atoms with Gasteiger partial charge in [-0.3, -0.25) is 0 Å². The molecular weight excluding hydrogens is 194 g/mol. The molecule has 0 aromatic carbocycles. The smallest absolute Gasteiger partial charge is 0.0118 e. The molecule has 1 atom stereocenters. The molecule has 2 aliphatic carbocycles. The highest BCUT2D eigenvalue weighted by atomic mass is 14.9. The Morgan fingerprint density at radius 1 is 0.938 bits per heavy atom. The van der Waals surface area contributed by atoms with E-state index in [1.54, 1.807) is 0 Å². The highest BCUT2D eigenvalue weighted by molar-refractivity contribution is 4.88. The molecule has 0 saturated heterocycles. The summed E-state index contributed by atoms with van der Waals surface area (Å²) in [5.41, 5.74) is 0.535. The Morgan fingerprint density at radius 3 is 2.31 bits per heavy atom. The lowest BCUT2D eigenvalue weighted by Gasteiger charge is -2.40. The average molecular weight is 223 g/mol. The SMILES string of the molecule is CC1(C)CCCCC1NCC1CCCCC1. The maximum Gasteiger partial charge on any atom is 0.0118 e. The number of hydrogen-bond donors (Lipinski definition) is 1. The lowest BCUT2D eigenvalue weighted by molar-refractivity contribution is 0.158. The van der Waals surface area contributed by atoms with Gasteiger partial charge >= 0.3 is 0 Å². The molecule has 0 aromatic heterocycles. The molecule has 0 radical (unpaired) electrons. The molecule has 2 saturated carbocycles. The molecule has 0 bridgehead atoms. The van der Waals surface area contributed by atoms with Crippen LogP contribution < -0.4 is 5.32 Å². The Labute approximate surface area is 101 Å². The number of rotatable bonds is 3. The van der Waals surface area contributed by atoms with E-state index in [2.05, 4.69) is 19.2 Å². The van der Waals surface area contributed by atoms with E-state index in [1.165, 1.54) is 64.3 Å². The average Bonchev–Trinajstić information content (AvgIpc) is 2.28. The number of nitrogens with one attached hydrogen (secondary N) is 1. The van der Waals surface area contributed by atoms with Gasteiger partial charge in [-0.2, -0.15) is 0 Å². The van der Waals surface area contributed by atoms with Gasteiger partial charge in [-0.05, 0) is 43.6 Å². The van der Waals surface area contributed by atoms with E-state index in [1.807, 2.05) is 0 Å². The van der Waals surface area contributed by atoms with Gasteiger partial charge in [0.05, 0.1) is 0 Å². The van der Waals surface area contributed by atoms with E-state index < -0.39 is 0 Å². The minimum absolute atomic E-state index is 0.535. The molecule has 0 aliphatic heterocycles. The Kier molecular flexibility index (Phi) is 4.29.